The Morgan fingerprint density at radius 1 is 1.39 bits per heavy atom. The summed E-state index contributed by atoms with van der Waals surface area (Å²) >= 11 is 1.57. The van der Waals surface area contributed by atoms with Gasteiger partial charge in [0.1, 0.15) is 11.2 Å². The molecule has 130 valence electrons. The van der Waals surface area contributed by atoms with Crippen molar-refractivity contribution in [2.45, 2.75) is 57.8 Å². The topological polar surface area (TPSA) is 61.8 Å². The van der Waals surface area contributed by atoms with Crippen LogP contribution in [-0.2, 0) is 10.3 Å². The van der Waals surface area contributed by atoms with Gasteiger partial charge in [-0.05, 0) is 52.0 Å². The zero-order valence-electron chi connectivity index (χ0n) is 14.5. The Balaban J connectivity index is 1.76. The predicted molar refractivity (Wildman–Crippen MR) is 92.7 cm³/mol. The molecule has 0 aromatic carbocycles. The lowest BCUT2D eigenvalue weighted by Gasteiger charge is -2.35. The molecule has 1 amide bonds. The molecule has 2 heterocycles. The minimum absolute atomic E-state index is 0.235. The number of nitrogens with zero attached hydrogens (tertiary/aromatic N) is 1. The molecule has 1 aromatic heterocycles. The van der Waals surface area contributed by atoms with Crippen LogP contribution in [0.3, 0.4) is 0 Å². The van der Waals surface area contributed by atoms with Gasteiger partial charge >= 0.3 is 6.09 Å². The summed E-state index contributed by atoms with van der Waals surface area (Å²) in [5.41, 5.74) is -1.30. The molecule has 1 fully saturated rings. The Hall–Kier alpha value is -1.11. The van der Waals surface area contributed by atoms with Gasteiger partial charge in [0, 0.05) is 30.6 Å². The largest absolute Gasteiger partial charge is 0.444 e. The molecule has 1 unspecified atom stereocenters. The maximum absolute atomic E-state index is 12.0. The number of likely N-dealkylation sites (tertiary alicyclic amines) is 1. The van der Waals surface area contributed by atoms with E-state index in [-0.39, 0.29) is 6.09 Å². The Labute approximate surface area is 142 Å². The fourth-order valence-electron chi connectivity index (χ4n) is 2.61. The highest BCUT2D eigenvalue weighted by Crippen LogP contribution is 2.25. The average molecular weight is 340 g/mol. The third-order valence-electron chi connectivity index (χ3n) is 3.93. The van der Waals surface area contributed by atoms with E-state index >= 15 is 0 Å². The Kier molecular flexibility index (Phi) is 5.70. The van der Waals surface area contributed by atoms with E-state index in [1.807, 2.05) is 45.2 Å². The minimum atomic E-state index is -0.851. The molecule has 2 rings (SSSR count). The zero-order chi connectivity index (χ0) is 17.1. The molecule has 1 atom stereocenters. The fraction of sp³-hybridized carbons (Fsp3) is 0.706. The molecule has 0 aliphatic carbocycles. The second-order valence-corrected chi connectivity index (χ2v) is 8.32. The van der Waals surface area contributed by atoms with Crippen LogP contribution >= 0.6 is 11.3 Å². The van der Waals surface area contributed by atoms with Crippen molar-refractivity contribution in [1.29, 1.82) is 0 Å². The smallest absolute Gasteiger partial charge is 0.410 e. The summed E-state index contributed by atoms with van der Waals surface area (Å²) in [4.78, 5) is 14.8. The van der Waals surface area contributed by atoms with Crippen LogP contribution in [0.2, 0.25) is 0 Å². The van der Waals surface area contributed by atoms with Gasteiger partial charge in [0.25, 0.3) is 0 Å². The second kappa shape index (κ2) is 7.20. The van der Waals surface area contributed by atoms with Gasteiger partial charge in [0.05, 0.1) is 0 Å². The van der Waals surface area contributed by atoms with Crippen LogP contribution in [0, 0.1) is 0 Å². The molecule has 2 N–H and O–H groups in total. The van der Waals surface area contributed by atoms with E-state index in [0.29, 0.717) is 25.7 Å². The number of carbonyl (C=O) groups is 1. The number of thiophene rings is 1. The summed E-state index contributed by atoms with van der Waals surface area (Å²) in [6.45, 7) is 9.37. The maximum Gasteiger partial charge on any atom is 0.410 e. The Bertz CT molecular complexity index is 500. The standard InChI is InChI=1S/C17H28N2O3S/c1-16(2,3)22-15(20)19-9-7-13(8-10-19)18-12-17(4,21)14-6-5-11-23-14/h5-6,11,13,18,21H,7-10,12H2,1-4H3. The number of hydrogen-bond acceptors (Lipinski definition) is 5. The van der Waals surface area contributed by atoms with Crippen LogP contribution in [0.15, 0.2) is 17.5 Å². The lowest BCUT2D eigenvalue weighted by molar-refractivity contribution is 0.0176. The number of hydrogen-bond donors (Lipinski definition) is 2. The van der Waals surface area contributed by atoms with E-state index in [1.54, 1.807) is 16.2 Å². The third-order valence-corrected chi connectivity index (χ3v) is 5.06. The van der Waals surface area contributed by atoms with Crippen molar-refractivity contribution in [3.05, 3.63) is 22.4 Å². The molecular formula is C17H28N2O3S. The van der Waals surface area contributed by atoms with Gasteiger partial charge in [-0.2, -0.15) is 0 Å². The molecule has 23 heavy (non-hydrogen) atoms. The summed E-state index contributed by atoms with van der Waals surface area (Å²) in [6, 6.07) is 4.23. The van der Waals surface area contributed by atoms with Crippen molar-refractivity contribution >= 4 is 17.4 Å². The summed E-state index contributed by atoms with van der Waals surface area (Å²) in [6.07, 6.45) is 1.51. The lowest BCUT2D eigenvalue weighted by atomic mass is 10.0. The van der Waals surface area contributed by atoms with E-state index in [1.165, 1.54) is 0 Å². The van der Waals surface area contributed by atoms with Gasteiger partial charge < -0.3 is 20.1 Å². The number of aliphatic hydroxyl groups is 1. The summed E-state index contributed by atoms with van der Waals surface area (Å²) < 4.78 is 5.40. The van der Waals surface area contributed by atoms with Gasteiger partial charge in [-0.25, -0.2) is 4.79 Å². The van der Waals surface area contributed by atoms with Gasteiger partial charge in [-0.1, -0.05) is 6.07 Å². The maximum atomic E-state index is 12.0. The van der Waals surface area contributed by atoms with E-state index in [9.17, 15) is 9.90 Å². The SMILES string of the molecule is CC(C)(C)OC(=O)N1CCC(NCC(C)(O)c2cccs2)CC1. The van der Waals surface area contributed by atoms with E-state index in [0.717, 1.165) is 17.7 Å². The predicted octanol–water partition coefficient (Wildman–Crippen LogP) is 2.94. The monoisotopic (exact) mass is 340 g/mol. The molecule has 1 aliphatic rings. The summed E-state index contributed by atoms with van der Waals surface area (Å²) in [5.74, 6) is 0. The van der Waals surface area contributed by atoms with Crippen molar-refractivity contribution in [2.24, 2.45) is 0 Å². The van der Waals surface area contributed by atoms with Crippen LogP contribution in [0.4, 0.5) is 4.79 Å². The third kappa shape index (κ3) is 5.48. The Morgan fingerprint density at radius 3 is 2.57 bits per heavy atom. The first-order chi connectivity index (χ1) is 10.7. The van der Waals surface area contributed by atoms with Gasteiger partial charge in [-0.15, -0.1) is 11.3 Å². The molecule has 1 aliphatic heterocycles. The first-order valence-corrected chi connectivity index (χ1v) is 9.03. The number of rotatable bonds is 4. The molecule has 0 saturated carbocycles. The van der Waals surface area contributed by atoms with Crippen LogP contribution in [-0.4, -0.2) is 47.4 Å². The normalized spacial score (nSPS) is 19.4. The van der Waals surface area contributed by atoms with Gasteiger partial charge in [0.2, 0.25) is 0 Å². The highest BCUT2D eigenvalue weighted by atomic mass is 32.1. The molecule has 0 radical (unpaired) electrons. The summed E-state index contributed by atoms with van der Waals surface area (Å²) in [5, 5.41) is 15.9. The lowest BCUT2D eigenvalue weighted by Crippen LogP contribution is -2.48. The van der Waals surface area contributed by atoms with Crippen molar-refractivity contribution in [3.8, 4) is 0 Å². The number of carbonyl (C=O) groups excluding carboxylic acids is 1. The van der Waals surface area contributed by atoms with Crippen molar-refractivity contribution in [1.82, 2.24) is 10.2 Å². The fourth-order valence-corrected chi connectivity index (χ4v) is 3.39. The highest BCUT2D eigenvalue weighted by molar-refractivity contribution is 7.10. The highest BCUT2D eigenvalue weighted by Gasteiger charge is 2.29. The molecule has 1 saturated heterocycles. The average Bonchev–Trinajstić information content (AvgIpc) is 2.99. The molecule has 1 aromatic rings. The van der Waals surface area contributed by atoms with Crippen LogP contribution in [0.5, 0.6) is 0 Å². The number of nitrogens with one attached hydrogen (secondary N) is 1. The first-order valence-electron chi connectivity index (χ1n) is 8.15. The molecule has 0 bridgehead atoms. The molecular weight excluding hydrogens is 312 g/mol. The Morgan fingerprint density at radius 2 is 2.04 bits per heavy atom. The molecule has 0 spiro atoms. The number of amides is 1. The van der Waals surface area contributed by atoms with E-state index in [2.05, 4.69) is 5.32 Å². The van der Waals surface area contributed by atoms with Gasteiger partial charge in [-0.3, -0.25) is 0 Å². The zero-order valence-corrected chi connectivity index (χ0v) is 15.3. The number of ether oxygens (including phenoxy) is 1. The van der Waals surface area contributed by atoms with Crippen molar-refractivity contribution in [2.75, 3.05) is 19.6 Å². The van der Waals surface area contributed by atoms with Gasteiger partial charge in [0.15, 0.2) is 0 Å². The second-order valence-electron chi connectivity index (χ2n) is 7.37. The van der Waals surface area contributed by atoms with Crippen molar-refractivity contribution in [3.63, 3.8) is 0 Å². The quantitative estimate of drug-likeness (QED) is 0.885. The van der Waals surface area contributed by atoms with E-state index in [4.69, 9.17) is 4.74 Å². The molecule has 6 heteroatoms. The molecule has 5 nitrogen and oxygen atoms in total. The van der Waals surface area contributed by atoms with Crippen molar-refractivity contribution < 1.29 is 14.6 Å². The van der Waals surface area contributed by atoms with E-state index < -0.39 is 11.2 Å². The first kappa shape index (κ1) is 18.2. The minimum Gasteiger partial charge on any atom is -0.444 e. The summed E-state index contributed by atoms with van der Waals surface area (Å²) in [7, 11) is 0. The number of piperidine rings is 1. The van der Waals surface area contributed by atoms with Crippen LogP contribution < -0.4 is 5.32 Å². The van der Waals surface area contributed by atoms with Crippen LogP contribution in [0.25, 0.3) is 0 Å². The van der Waals surface area contributed by atoms with Crippen LogP contribution in [0.1, 0.15) is 45.4 Å².